The predicted octanol–water partition coefficient (Wildman–Crippen LogP) is 2.81. The van der Waals surface area contributed by atoms with Gasteiger partial charge in [-0.15, -0.1) is 0 Å². The van der Waals surface area contributed by atoms with E-state index in [1.807, 2.05) is 0 Å². The maximum absolute atomic E-state index is 3.75. The number of fused-ring (bicyclic) bond motifs is 2. The molecule has 3 rings (SSSR count). The largest absolute Gasteiger partial charge is 0.382 e. The van der Waals surface area contributed by atoms with Gasteiger partial charge < -0.3 is 10.2 Å². The molecule has 2 aliphatic rings. The quantitative estimate of drug-likeness (QED) is 0.840. The Morgan fingerprint density at radius 3 is 2.76 bits per heavy atom. The molecule has 0 amide bonds. The van der Waals surface area contributed by atoms with Crippen LogP contribution in [0.3, 0.4) is 0 Å². The van der Waals surface area contributed by atoms with Crippen LogP contribution in [-0.4, -0.2) is 30.6 Å². The molecule has 2 heterocycles. The molecule has 2 aliphatic heterocycles. The molecule has 17 heavy (non-hydrogen) atoms. The molecular formula is C15H22N2. The molecule has 0 saturated carbocycles. The number of benzene rings is 1. The van der Waals surface area contributed by atoms with Crippen molar-refractivity contribution in [3.8, 4) is 0 Å². The van der Waals surface area contributed by atoms with Crippen LogP contribution in [-0.2, 0) is 0 Å². The SMILES string of the molecule is Cc1ccc(NC2CCN3CCC2C3)cc1C. The van der Waals surface area contributed by atoms with Gasteiger partial charge in [0.05, 0.1) is 0 Å². The van der Waals surface area contributed by atoms with E-state index in [9.17, 15) is 0 Å². The molecule has 2 heteroatoms. The highest BCUT2D eigenvalue weighted by molar-refractivity contribution is 5.49. The van der Waals surface area contributed by atoms with E-state index >= 15 is 0 Å². The molecule has 3 unspecified atom stereocenters. The minimum Gasteiger partial charge on any atom is -0.382 e. The van der Waals surface area contributed by atoms with Crippen LogP contribution in [0.1, 0.15) is 24.0 Å². The van der Waals surface area contributed by atoms with Crippen molar-refractivity contribution in [2.24, 2.45) is 5.92 Å². The Balaban J connectivity index is 1.71. The monoisotopic (exact) mass is 230 g/mol. The fourth-order valence-electron chi connectivity index (χ4n) is 3.19. The Morgan fingerprint density at radius 2 is 1.94 bits per heavy atom. The van der Waals surface area contributed by atoms with Crippen LogP contribution in [0.4, 0.5) is 5.69 Å². The third-order valence-corrected chi connectivity index (χ3v) is 4.49. The number of aryl methyl sites for hydroxylation is 2. The minimum absolute atomic E-state index is 0.691. The van der Waals surface area contributed by atoms with Crippen LogP contribution >= 0.6 is 0 Å². The Morgan fingerprint density at radius 1 is 1.12 bits per heavy atom. The highest BCUT2D eigenvalue weighted by atomic mass is 15.2. The number of rotatable bonds is 2. The maximum atomic E-state index is 3.75. The summed E-state index contributed by atoms with van der Waals surface area (Å²) in [5.74, 6) is 0.866. The number of nitrogens with one attached hydrogen (secondary N) is 1. The van der Waals surface area contributed by atoms with Crippen molar-refractivity contribution >= 4 is 5.69 Å². The van der Waals surface area contributed by atoms with Crippen molar-refractivity contribution in [2.45, 2.75) is 32.7 Å². The molecule has 1 aromatic rings. The summed E-state index contributed by atoms with van der Waals surface area (Å²) in [7, 11) is 0. The second-order valence-corrected chi connectivity index (χ2v) is 5.69. The summed E-state index contributed by atoms with van der Waals surface area (Å²) in [6, 6.07) is 7.43. The lowest BCUT2D eigenvalue weighted by Crippen LogP contribution is -2.39. The summed E-state index contributed by atoms with van der Waals surface area (Å²) in [4.78, 5) is 2.60. The van der Waals surface area contributed by atoms with Gasteiger partial charge in [0, 0.05) is 24.8 Å². The van der Waals surface area contributed by atoms with Gasteiger partial charge in [-0.2, -0.15) is 0 Å². The van der Waals surface area contributed by atoms with Crippen LogP contribution in [0.5, 0.6) is 0 Å². The Bertz CT molecular complexity index is 413. The summed E-state index contributed by atoms with van der Waals surface area (Å²) in [6.45, 7) is 8.27. The molecule has 1 N–H and O–H groups in total. The van der Waals surface area contributed by atoms with Gasteiger partial charge in [0.15, 0.2) is 0 Å². The summed E-state index contributed by atoms with van der Waals surface area (Å²) < 4.78 is 0. The van der Waals surface area contributed by atoms with Crippen molar-refractivity contribution in [3.05, 3.63) is 29.3 Å². The van der Waals surface area contributed by atoms with Gasteiger partial charge >= 0.3 is 0 Å². The molecule has 2 fully saturated rings. The van der Waals surface area contributed by atoms with Gasteiger partial charge in [0.2, 0.25) is 0 Å². The summed E-state index contributed by atoms with van der Waals surface area (Å²) in [5.41, 5.74) is 4.07. The van der Waals surface area contributed by atoms with Crippen LogP contribution in [0.15, 0.2) is 18.2 Å². The average molecular weight is 230 g/mol. The lowest BCUT2D eigenvalue weighted by atomic mass is 9.94. The van der Waals surface area contributed by atoms with E-state index in [1.165, 1.54) is 49.3 Å². The molecule has 0 aliphatic carbocycles. The molecule has 3 atom stereocenters. The predicted molar refractivity (Wildman–Crippen MR) is 72.5 cm³/mol. The second kappa shape index (κ2) is 4.34. The normalized spacial score (nSPS) is 31.5. The summed E-state index contributed by atoms with van der Waals surface area (Å²) in [5, 5.41) is 3.75. The molecule has 0 aromatic heterocycles. The van der Waals surface area contributed by atoms with E-state index in [-0.39, 0.29) is 0 Å². The molecule has 92 valence electrons. The Hall–Kier alpha value is -1.02. The topological polar surface area (TPSA) is 15.3 Å². The second-order valence-electron chi connectivity index (χ2n) is 5.69. The Kier molecular flexibility index (Phi) is 2.83. The zero-order valence-corrected chi connectivity index (χ0v) is 10.9. The first kappa shape index (κ1) is 11.1. The van der Waals surface area contributed by atoms with Gasteiger partial charge in [-0.05, 0) is 62.4 Å². The summed E-state index contributed by atoms with van der Waals surface area (Å²) in [6.07, 6.45) is 2.68. The zero-order valence-electron chi connectivity index (χ0n) is 10.9. The highest BCUT2D eigenvalue weighted by Gasteiger charge is 2.33. The molecule has 2 saturated heterocycles. The van der Waals surface area contributed by atoms with Crippen LogP contribution < -0.4 is 5.32 Å². The van der Waals surface area contributed by atoms with E-state index in [2.05, 4.69) is 42.3 Å². The number of anilines is 1. The van der Waals surface area contributed by atoms with E-state index in [0.29, 0.717) is 6.04 Å². The lowest BCUT2D eigenvalue weighted by Gasteiger charge is -2.31. The van der Waals surface area contributed by atoms with E-state index in [4.69, 9.17) is 0 Å². The number of hydrogen-bond acceptors (Lipinski definition) is 2. The third kappa shape index (κ3) is 2.19. The summed E-state index contributed by atoms with van der Waals surface area (Å²) >= 11 is 0. The van der Waals surface area contributed by atoms with Crippen molar-refractivity contribution < 1.29 is 0 Å². The van der Waals surface area contributed by atoms with E-state index in [0.717, 1.165) is 5.92 Å². The molecule has 2 nitrogen and oxygen atoms in total. The average Bonchev–Trinajstić information content (AvgIpc) is 2.71. The maximum Gasteiger partial charge on any atom is 0.0345 e. The van der Waals surface area contributed by atoms with Gasteiger partial charge in [0.25, 0.3) is 0 Å². The van der Waals surface area contributed by atoms with Crippen LogP contribution in [0.25, 0.3) is 0 Å². The van der Waals surface area contributed by atoms with Gasteiger partial charge in [-0.3, -0.25) is 0 Å². The molecule has 2 bridgehead atoms. The number of nitrogens with zero attached hydrogens (tertiary/aromatic N) is 1. The Labute approximate surface area is 104 Å². The zero-order chi connectivity index (χ0) is 11.8. The van der Waals surface area contributed by atoms with Crippen molar-refractivity contribution in [2.75, 3.05) is 25.0 Å². The molecule has 0 spiro atoms. The van der Waals surface area contributed by atoms with Crippen LogP contribution in [0.2, 0.25) is 0 Å². The number of hydrogen-bond donors (Lipinski definition) is 1. The van der Waals surface area contributed by atoms with Gasteiger partial charge in [-0.25, -0.2) is 0 Å². The van der Waals surface area contributed by atoms with Crippen molar-refractivity contribution in [3.63, 3.8) is 0 Å². The van der Waals surface area contributed by atoms with E-state index < -0.39 is 0 Å². The van der Waals surface area contributed by atoms with E-state index in [1.54, 1.807) is 0 Å². The molecular weight excluding hydrogens is 208 g/mol. The fourth-order valence-corrected chi connectivity index (χ4v) is 3.19. The standard InChI is InChI=1S/C15H22N2/c1-11-3-4-14(9-12(11)2)16-15-6-8-17-7-5-13(15)10-17/h3-4,9,13,15-16H,5-8,10H2,1-2H3. The first-order valence-electron chi connectivity index (χ1n) is 6.78. The number of piperidine rings is 1. The van der Waals surface area contributed by atoms with Gasteiger partial charge in [0.1, 0.15) is 0 Å². The fraction of sp³-hybridized carbons (Fsp3) is 0.600. The third-order valence-electron chi connectivity index (χ3n) is 4.49. The molecule has 1 aromatic carbocycles. The van der Waals surface area contributed by atoms with Gasteiger partial charge in [-0.1, -0.05) is 6.07 Å². The van der Waals surface area contributed by atoms with Crippen LogP contribution in [0, 0.1) is 19.8 Å². The lowest BCUT2D eigenvalue weighted by molar-refractivity contribution is 0.255. The minimum atomic E-state index is 0.691. The van der Waals surface area contributed by atoms with Crippen molar-refractivity contribution in [1.82, 2.24) is 4.90 Å². The first-order valence-corrected chi connectivity index (χ1v) is 6.78. The van der Waals surface area contributed by atoms with Crippen molar-refractivity contribution in [1.29, 1.82) is 0 Å². The first-order chi connectivity index (χ1) is 8.22. The molecule has 0 radical (unpaired) electrons. The smallest absolute Gasteiger partial charge is 0.0345 e. The highest BCUT2D eigenvalue weighted by Crippen LogP contribution is 2.29.